The van der Waals surface area contributed by atoms with Gasteiger partial charge in [-0.3, -0.25) is 9.59 Å². The van der Waals surface area contributed by atoms with E-state index in [0.717, 1.165) is 5.56 Å². The number of rotatable bonds is 8. The molecule has 5 nitrogen and oxygen atoms in total. The van der Waals surface area contributed by atoms with Gasteiger partial charge in [-0.05, 0) is 30.5 Å². The van der Waals surface area contributed by atoms with E-state index in [1.807, 2.05) is 6.92 Å². The summed E-state index contributed by atoms with van der Waals surface area (Å²) in [6, 6.07) is 6.09. The first-order chi connectivity index (χ1) is 10.3. The minimum absolute atomic E-state index is 0.0966. The van der Waals surface area contributed by atoms with Gasteiger partial charge in [-0.15, -0.1) is 0 Å². The second-order valence-electron chi connectivity index (χ2n) is 5.77. The number of hydrogen-bond donors (Lipinski definition) is 2. The Kier molecular flexibility index (Phi) is 6.49. The molecule has 0 saturated carbocycles. The standard InChI is InChI=1S/C16H22FNO4/c1-11(12-5-4-6-13(17)8-12)7-14(19)18-16(2,10-22-3)9-15(20)21/h4-6,8,11H,7,9-10H2,1-3H3,(H,18,19)(H,20,21). The molecule has 0 heterocycles. The third-order valence-electron chi connectivity index (χ3n) is 3.35. The van der Waals surface area contributed by atoms with Gasteiger partial charge in [-0.25, -0.2) is 4.39 Å². The van der Waals surface area contributed by atoms with Crippen LogP contribution in [0.3, 0.4) is 0 Å². The second kappa shape index (κ2) is 7.89. The highest BCUT2D eigenvalue weighted by Crippen LogP contribution is 2.20. The Morgan fingerprint density at radius 3 is 2.68 bits per heavy atom. The fraction of sp³-hybridized carbons (Fsp3) is 0.500. The molecule has 0 fully saturated rings. The van der Waals surface area contributed by atoms with Gasteiger partial charge < -0.3 is 15.2 Å². The lowest BCUT2D eigenvalue weighted by molar-refractivity contribution is -0.139. The highest BCUT2D eigenvalue weighted by molar-refractivity contribution is 5.79. The lowest BCUT2D eigenvalue weighted by Gasteiger charge is -2.29. The third-order valence-corrected chi connectivity index (χ3v) is 3.35. The van der Waals surface area contributed by atoms with Crippen LogP contribution in [0.4, 0.5) is 4.39 Å². The smallest absolute Gasteiger partial charge is 0.305 e. The van der Waals surface area contributed by atoms with E-state index in [1.54, 1.807) is 19.1 Å². The van der Waals surface area contributed by atoms with Crippen molar-refractivity contribution in [1.82, 2.24) is 5.32 Å². The number of amides is 1. The van der Waals surface area contributed by atoms with Gasteiger partial charge in [-0.1, -0.05) is 19.1 Å². The topological polar surface area (TPSA) is 75.6 Å². The number of carbonyl (C=O) groups is 2. The Hall–Kier alpha value is -1.95. The van der Waals surface area contributed by atoms with Gasteiger partial charge in [-0.2, -0.15) is 0 Å². The van der Waals surface area contributed by atoms with Crippen molar-refractivity contribution in [3.05, 3.63) is 35.6 Å². The first-order valence-electron chi connectivity index (χ1n) is 7.03. The monoisotopic (exact) mass is 311 g/mol. The Labute approximate surface area is 129 Å². The average Bonchev–Trinajstić information content (AvgIpc) is 2.37. The summed E-state index contributed by atoms with van der Waals surface area (Å²) >= 11 is 0. The van der Waals surface area contributed by atoms with Crippen molar-refractivity contribution in [2.24, 2.45) is 0 Å². The molecular formula is C16H22FNO4. The van der Waals surface area contributed by atoms with E-state index in [-0.39, 0.29) is 37.1 Å². The summed E-state index contributed by atoms with van der Waals surface area (Å²) in [7, 11) is 1.45. The summed E-state index contributed by atoms with van der Waals surface area (Å²) in [5.41, 5.74) is -0.249. The summed E-state index contributed by atoms with van der Waals surface area (Å²) < 4.78 is 18.2. The van der Waals surface area contributed by atoms with Crippen molar-refractivity contribution < 1.29 is 23.8 Å². The van der Waals surface area contributed by atoms with E-state index in [0.29, 0.717) is 0 Å². The lowest BCUT2D eigenvalue weighted by Crippen LogP contribution is -2.51. The van der Waals surface area contributed by atoms with Crippen molar-refractivity contribution in [3.8, 4) is 0 Å². The first kappa shape index (κ1) is 18.1. The van der Waals surface area contributed by atoms with Crippen LogP contribution in [-0.2, 0) is 14.3 Å². The normalized spacial score (nSPS) is 14.9. The molecule has 22 heavy (non-hydrogen) atoms. The Bertz CT molecular complexity index is 535. The zero-order chi connectivity index (χ0) is 16.8. The molecule has 0 aliphatic heterocycles. The maximum absolute atomic E-state index is 13.2. The van der Waals surface area contributed by atoms with Gasteiger partial charge >= 0.3 is 5.97 Å². The first-order valence-corrected chi connectivity index (χ1v) is 7.03. The second-order valence-corrected chi connectivity index (χ2v) is 5.77. The quantitative estimate of drug-likeness (QED) is 0.772. The van der Waals surface area contributed by atoms with Crippen molar-refractivity contribution >= 4 is 11.9 Å². The Morgan fingerprint density at radius 1 is 1.45 bits per heavy atom. The fourth-order valence-corrected chi connectivity index (χ4v) is 2.38. The molecule has 2 unspecified atom stereocenters. The minimum Gasteiger partial charge on any atom is -0.481 e. The van der Waals surface area contributed by atoms with Crippen molar-refractivity contribution in [2.75, 3.05) is 13.7 Å². The van der Waals surface area contributed by atoms with E-state index in [1.165, 1.54) is 19.2 Å². The highest BCUT2D eigenvalue weighted by Gasteiger charge is 2.30. The van der Waals surface area contributed by atoms with Gasteiger partial charge in [0.1, 0.15) is 5.82 Å². The van der Waals surface area contributed by atoms with Crippen LogP contribution in [0.1, 0.15) is 38.2 Å². The Balaban J connectivity index is 2.68. The third kappa shape index (κ3) is 5.81. The number of carboxylic acids is 1. The molecule has 0 bridgehead atoms. The van der Waals surface area contributed by atoms with Crippen LogP contribution in [0.25, 0.3) is 0 Å². The highest BCUT2D eigenvalue weighted by atomic mass is 19.1. The van der Waals surface area contributed by atoms with E-state index in [9.17, 15) is 14.0 Å². The molecule has 6 heteroatoms. The molecule has 2 N–H and O–H groups in total. The van der Waals surface area contributed by atoms with E-state index < -0.39 is 11.5 Å². The summed E-state index contributed by atoms with van der Waals surface area (Å²) in [5.74, 6) is -1.83. The van der Waals surface area contributed by atoms with Gasteiger partial charge in [0.05, 0.1) is 18.6 Å². The zero-order valence-electron chi connectivity index (χ0n) is 13.1. The molecule has 1 rings (SSSR count). The van der Waals surface area contributed by atoms with Crippen LogP contribution >= 0.6 is 0 Å². The van der Waals surface area contributed by atoms with Crippen LogP contribution in [0.15, 0.2) is 24.3 Å². The SMILES string of the molecule is COCC(C)(CC(=O)O)NC(=O)CC(C)c1cccc(F)c1. The largest absolute Gasteiger partial charge is 0.481 e. The number of aliphatic carboxylic acids is 1. The van der Waals surface area contributed by atoms with Crippen LogP contribution in [0, 0.1) is 5.82 Å². The van der Waals surface area contributed by atoms with Crippen molar-refractivity contribution in [2.45, 2.75) is 38.1 Å². The molecule has 122 valence electrons. The zero-order valence-corrected chi connectivity index (χ0v) is 13.1. The fourth-order valence-electron chi connectivity index (χ4n) is 2.38. The number of hydrogen-bond acceptors (Lipinski definition) is 3. The molecule has 2 atom stereocenters. The molecule has 0 aromatic heterocycles. The van der Waals surface area contributed by atoms with Gasteiger partial charge in [0.25, 0.3) is 0 Å². The molecule has 0 spiro atoms. The van der Waals surface area contributed by atoms with E-state index >= 15 is 0 Å². The average molecular weight is 311 g/mol. The summed E-state index contributed by atoms with van der Waals surface area (Å²) in [5, 5.41) is 11.6. The number of carbonyl (C=O) groups excluding carboxylic acids is 1. The van der Waals surface area contributed by atoms with Crippen molar-refractivity contribution in [1.29, 1.82) is 0 Å². The van der Waals surface area contributed by atoms with E-state index in [4.69, 9.17) is 9.84 Å². The number of ether oxygens (including phenoxy) is 1. The van der Waals surface area contributed by atoms with Crippen molar-refractivity contribution in [3.63, 3.8) is 0 Å². The Morgan fingerprint density at radius 2 is 2.14 bits per heavy atom. The molecule has 1 amide bonds. The maximum atomic E-state index is 13.2. The molecule has 0 aliphatic carbocycles. The molecule has 0 saturated heterocycles. The van der Waals surface area contributed by atoms with Crippen LogP contribution in [0.2, 0.25) is 0 Å². The molecule has 1 aromatic carbocycles. The summed E-state index contributed by atoms with van der Waals surface area (Å²) in [6.45, 7) is 3.54. The number of carboxylic acid groups (broad SMARTS) is 1. The summed E-state index contributed by atoms with van der Waals surface area (Å²) in [4.78, 5) is 23.0. The number of nitrogens with one attached hydrogen (secondary N) is 1. The van der Waals surface area contributed by atoms with E-state index in [2.05, 4.69) is 5.32 Å². The molecule has 0 radical (unpaired) electrons. The lowest BCUT2D eigenvalue weighted by atomic mass is 9.95. The number of halogens is 1. The van der Waals surface area contributed by atoms with Gasteiger partial charge in [0.2, 0.25) is 5.91 Å². The predicted molar refractivity (Wildman–Crippen MR) is 80.1 cm³/mol. The molecule has 0 aliphatic rings. The van der Waals surface area contributed by atoms with Crippen LogP contribution in [-0.4, -0.2) is 36.2 Å². The van der Waals surface area contributed by atoms with Gasteiger partial charge in [0.15, 0.2) is 0 Å². The molecule has 1 aromatic rings. The maximum Gasteiger partial charge on any atom is 0.305 e. The number of methoxy groups -OCH3 is 1. The van der Waals surface area contributed by atoms with Crippen LogP contribution < -0.4 is 5.32 Å². The minimum atomic E-state index is -1.02. The summed E-state index contributed by atoms with van der Waals surface area (Å²) in [6.07, 6.45) is -0.0939. The van der Waals surface area contributed by atoms with Crippen LogP contribution in [0.5, 0.6) is 0 Å². The number of benzene rings is 1. The predicted octanol–water partition coefficient (Wildman–Crippen LogP) is 2.32. The van der Waals surface area contributed by atoms with Gasteiger partial charge in [0, 0.05) is 13.5 Å². The molecular weight excluding hydrogens is 289 g/mol.